The van der Waals surface area contributed by atoms with Gasteiger partial charge in [0.05, 0.1) is 12.5 Å². The highest BCUT2D eigenvalue weighted by atomic mass is 32.2. The Balaban J connectivity index is 1.70. The second-order valence-electron chi connectivity index (χ2n) is 4.22. The maximum Gasteiger partial charge on any atom is 0.309 e. The fourth-order valence-electron chi connectivity index (χ4n) is 2.28. The van der Waals surface area contributed by atoms with Crippen molar-refractivity contribution in [2.45, 2.75) is 25.8 Å². The molecule has 4 heteroatoms. The van der Waals surface area contributed by atoms with Crippen LogP contribution in [-0.4, -0.2) is 48.1 Å². The third kappa shape index (κ3) is 2.67. The molecular weight excluding hydrogens is 210 g/mol. The SMILES string of the molecule is CCOC(=O)C1CC(N2CCSCC2)C1. The van der Waals surface area contributed by atoms with Gasteiger partial charge in [-0.25, -0.2) is 0 Å². The Bertz CT molecular complexity index is 223. The number of esters is 1. The van der Waals surface area contributed by atoms with Crippen LogP contribution in [0.4, 0.5) is 0 Å². The van der Waals surface area contributed by atoms with Crippen LogP contribution in [0.3, 0.4) is 0 Å². The molecular formula is C11H19NO2S. The highest BCUT2D eigenvalue weighted by Crippen LogP contribution is 2.33. The first-order valence-electron chi connectivity index (χ1n) is 5.79. The largest absolute Gasteiger partial charge is 0.466 e. The summed E-state index contributed by atoms with van der Waals surface area (Å²) in [4.78, 5) is 13.9. The lowest BCUT2D eigenvalue weighted by atomic mass is 9.79. The Kier molecular flexibility index (Phi) is 3.92. The maximum absolute atomic E-state index is 11.4. The Morgan fingerprint density at radius 3 is 2.67 bits per heavy atom. The third-order valence-electron chi connectivity index (χ3n) is 3.30. The first-order valence-corrected chi connectivity index (χ1v) is 6.95. The second-order valence-corrected chi connectivity index (χ2v) is 5.45. The van der Waals surface area contributed by atoms with Gasteiger partial charge >= 0.3 is 5.97 Å². The lowest BCUT2D eigenvalue weighted by Gasteiger charge is -2.43. The predicted molar refractivity (Wildman–Crippen MR) is 62.0 cm³/mol. The number of carbonyl (C=O) groups is 1. The molecule has 0 aromatic rings. The lowest BCUT2D eigenvalue weighted by Crippen LogP contribution is -2.50. The molecule has 1 saturated heterocycles. The number of ether oxygens (including phenoxy) is 1. The molecule has 2 fully saturated rings. The van der Waals surface area contributed by atoms with Gasteiger partial charge in [-0.1, -0.05) is 0 Å². The monoisotopic (exact) mass is 229 g/mol. The van der Waals surface area contributed by atoms with Crippen molar-refractivity contribution in [2.75, 3.05) is 31.2 Å². The van der Waals surface area contributed by atoms with E-state index in [2.05, 4.69) is 4.90 Å². The van der Waals surface area contributed by atoms with Crippen LogP contribution < -0.4 is 0 Å². The summed E-state index contributed by atoms with van der Waals surface area (Å²) in [6.45, 7) is 4.78. The van der Waals surface area contributed by atoms with Crippen molar-refractivity contribution in [3.8, 4) is 0 Å². The smallest absolute Gasteiger partial charge is 0.309 e. The first-order chi connectivity index (χ1) is 7.31. The molecule has 0 amide bonds. The van der Waals surface area contributed by atoms with Gasteiger partial charge in [0.2, 0.25) is 0 Å². The predicted octanol–water partition coefficient (Wildman–Crippen LogP) is 1.38. The van der Waals surface area contributed by atoms with E-state index in [9.17, 15) is 4.79 Å². The fourth-order valence-corrected chi connectivity index (χ4v) is 3.21. The molecule has 15 heavy (non-hydrogen) atoms. The van der Waals surface area contributed by atoms with Crippen molar-refractivity contribution in [3.05, 3.63) is 0 Å². The van der Waals surface area contributed by atoms with Crippen molar-refractivity contribution < 1.29 is 9.53 Å². The highest BCUT2D eigenvalue weighted by Gasteiger charge is 2.38. The molecule has 1 heterocycles. The Labute approximate surface area is 95.5 Å². The van der Waals surface area contributed by atoms with Gasteiger partial charge in [0, 0.05) is 30.6 Å². The van der Waals surface area contributed by atoms with Gasteiger partial charge in [0.15, 0.2) is 0 Å². The summed E-state index contributed by atoms with van der Waals surface area (Å²) in [6.07, 6.45) is 2.03. The van der Waals surface area contributed by atoms with Gasteiger partial charge in [-0.3, -0.25) is 9.69 Å². The van der Waals surface area contributed by atoms with Crippen molar-refractivity contribution in [2.24, 2.45) is 5.92 Å². The quantitative estimate of drug-likeness (QED) is 0.684. The van der Waals surface area contributed by atoms with Crippen LogP contribution in [0.25, 0.3) is 0 Å². The van der Waals surface area contributed by atoms with Crippen LogP contribution in [0.2, 0.25) is 0 Å². The molecule has 0 radical (unpaired) electrons. The summed E-state index contributed by atoms with van der Waals surface area (Å²) in [5.74, 6) is 2.70. The molecule has 1 aliphatic carbocycles. The molecule has 3 nitrogen and oxygen atoms in total. The molecule has 86 valence electrons. The van der Waals surface area contributed by atoms with E-state index in [1.54, 1.807) is 0 Å². The van der Waals surface area contributed by atoms with Gasteiger partial charge in [-0.2, -0.15) is 11.8 Å². The van der Waals surface area contributed by atoms with Gasteiger partial charge in [-0.15, -0.1) is 0 Å². The Morgan fingerprint density at radius 1 is 1.40 bits per heavy atom. The molecule has 1 saturated carbocycles. The normalized spacial score (nSPS) is 32.1. The van der Waals surface area contributed by atoms with Gasteiger partial charge in [-0.05, 0) is 19.8 Å². The summed E-state index contributed by atoms with van der Waals surface area (Å²) in [7, 11) is 0. The van der Waals surface area contributed by atoms with E-state index >= 15 is 0 Å². The summed E-state index contributed by atoms with van der Waals surface area (Å²) in [5.41, 5.74) is 0. The minimum absolute atomic E-state index is 0.0140. The van der Waals surface area contributed by atoms with Crippen molar-refractivity contribution in [3.63, 3.8) is 0 Å². The molecule has 2 rings (SSSR count). The molecule has 0 aromatic heterocycles. The molecule has 0 spiro atoms. The average Bonchev–Trinajstić information content (AvgIpc) is 2.17. The first kappa shape index (κ1) is 11.3. The molecule has 0 N–H and O–H groups in total. The van der Waals surface area contributed by atoms with E-state index in [1.165, 1.54) is 24.6 Å². The topological polar surface area (TPSA) is 29.5 Å². The number of hydrogen-bond acceptors (Lipinski definition) is 4. The number of thioether (sulfide) groups is 1. The Hall–Kier alpha value is -0.220. The van der Waals surface area contributed by atoms with E-state index in [4.69, 9.17) is 4.74 Å². The minimum Gasteiger partial charge on any atom is -0.466 e. The fraction of sp³-hybridized carbons (Fsp3) is 0.909. The van der Waals surface area contributed by atoms with Crippen molar-refractivity contribution in [1.82, 2.24) is 4.90 Å². The number of nitrogens with zero attached hydrogens (tertiary/aromatic N) is 1. The number of rotatable bonds is 3. The summed E-state index contributed by atoms with van der Waals surface area (Å²) >= 11 is 2.03. The molecule has 2 aliphatic rings. The molecule has 0 bridgehead atoms. The number of hydrogen-bond donors (Lipinski definition) is 0. The van der Waals surface area contributed by atoms with Crippen molar-refractivity contribution >= 4 is 17.7 Å². The van der Waals surface area contributed by atoms with Crippen LogP contribution in [0, 0.1) is 5.92 Å². The zero-order valence-electron chi connectivity index (χ0n) is 9.28. The maximum atomic E-state index is 11.4. The van der Waals surface area contributed by atoms with Crippen LogP contribution >= 0.6 is 11.8 Å². The lowest BCUT2D eigenvalue weighted by molar-refractivity contribution is -0.153. The molecule has 1 aliphatic heterocycles. The molecule has 0 aromatic carbocycles. The van der Waals surface area contributed by atoms with E-state index in [1.807, 2.05) is 18.7 Å². The van der Waals surface area contributed by atoms with Crippen LogP contribution in [0.5, 0.6) is 0 Å². The van der Waals surface area contributed by atoms with E-state index < -0.39 is 0 Å². The van der Waals surface area contributed by atoms with Gasteiger partial charge in [0.1, 0.15) is 0 Å². The summed E-state index contributed by atoms with van der Waals surface area (Å²) in [6, 6.07) is 0.653. The highest BCUT2D eigenvalue weighted by molar-refractivity contribution is 7.99. The standard InChI is InChI=1S/C11H19NO2S/c1-2-14-11(13)9-7-10(8-9)12-3-5-15-6-4-12/h9-10H,2-8H2,1H3. The summed E-state index contributed by atoms with van der Waals surface area (Å²) < 4.78 is 5.02. The Morgan fingerprint density at radius 2 is 2.07 bits per heavy atom. The van der Waals surface area contributed by atoms with E-state index in [0.717, 1.165) is 12.8 Å². The second kappa shape index (κ2) is 5.21. The zero-order valence-corrected chi connectivity index (χ0v) is 10.1. The van der Waals surface area contributed by atoms with Gasteiger partial charge in [0.25, 0.3) is 0 Å². The van der Waals surface area contributed by atoms with E-state index in [-0.39, 0.29) is 11.9 Å². The number of carbonyl (C=O) groups excluding carboxylic acids is 1. The van der Waals surface area contributed by atoms with Crippen LogP contribution in [-0.2, 0) is 9.53 Å². The minimum atomic E-state index is 0.0140. The molecule has 0 unspecified atom stereocenters. The zero-order chi connectivity index (χ0) is 10.7. The third-order valence-corrected chi connectivity index (χ3v) is 4.24. The van der Waals surface area contributed by atoms with Crippen LogP contribution in [0.1, 0.15) is 19.8 Å². The van der Waals surface area contributed by atoms with Gasteiger partial charge < -0.3 is 4.74 Å². The van der Waals surface area contributed by atoms with Crippen LogP contribution in [0.15, 0.2) is 0 Å². The van der Waals surface area contributed by atoms with Crippen molar-refractivity contribution in [1.29, 1.82) is 0 Å². The average molecular weight is 229 g/mol. The molecule has 0 atom stereocenters. The summed E-state index contributed by atoms with van der Waals surface area (Å²) in [5, 5.41) is 0. The van der Waals surface area contributed by atoms with E-state index in [0.29, 0.717) is 12.6 Å².